The Morgan fingerprint density at radius 3 is 3.11 bits per heavy atom. The lowest BCUT2D eigenvalue weighted by Crippen LogP contribution is -2.38. The number of ether oxygens (including phenoxy) is 1. The number of amides is 1. The predicted molar refractivity (Wildman–Crippen MR) is 74.4 cm³/mol. The standard InChI is InChI=1S/C13H13N3O2S/c1-8-7-19-12(15-8)5-16-10-3-2-9(14)4-11(10)18-6-13(16)17/h2-4,7H,5-6,14H2,1H3. The Balaban J connectivity index is 1.94. The summed E-state index contributed by atoms with van der Waals surface area (Å²) in [6, 6.07) is 5.31. The van der Waals surface area contributed by atoms with Gasteiger partial charge in [0.25, 0.3) is 5.91 Å². The number of aromatic nitrogens is 1. The lowest BCUT2D eigenvalue weighted by Gasteiger charge is -2.28. The molecule has 0 fully saturated rings. The van der Waals surface area contributed by atoms with Gasteiger partial charge in [0, 0.05) is 22.8 Å². The van der Waals surface area contributed by atoms with E-state index in [2.05, 4.69) is 4.98 Å². The van der Waals surface area contributed by atoms with Gasteiger partial charge in [0.2, 0.25) is 0 Å². The summed E-state index contributed by atoms with van der Waals surface area (Å²) in [5, 5.41) is 2.89. The van der Waals surface area contributed by atoms with Crippen LogP contribution in [0.1, 0.15) is 10.7 Å². The number of nitrogens with two attached hydrogens (primary N) is 1. The van der Waals surface area contributed by atoms with E-state index in [0.29, 0.717) is 18.0 Å². The van der Waals surface area contributed by atoms with Crippen LogP contribution >= 0.6 is 11.3 Å². The molecule has 1 aliphatic rings. The first kappa shape index (κ1) is 12.0. The van der Waals surface area contributed by atoms with Crippen LogP contribution in [0.2, 0.25) is 0 Å². The van der Waals surface area contributed by atoms with Crippen molar-refractivity contribution in [2.24, 2.45) is 0 Å². The molecule has 2 aromatic rings. The average molecular weight is 275 g/mol. The Hall–Kier alpha value is -2.08. The van der Waals surface area contributed by atoms with E-state index in [0.717, 1.165) is 16.4 Å². The molecule has 0 saturated carbocycles. The molecule has 1 aliphatic heterocycles. The molecule has 5 nitrogen and oxygen atoms in total. The molecular formula is C13H13N3O2S. The third-order valence-corrected chi connectivity index (χ3v) is 3.84. The molecule has 0 spiro atoms. The number of thiazole rings is 1. The second-order valence-corrected chi connectivity index (χ2v) is 5.32. The van der Waals surface area contributed by atoms with Crippen molar-refractivity contribution in [3.63, 3.8) is 0 Å². The Labute approximate surface area is 114 Å². The Bertz CT molecular complexity index is 639. The summed E-state index contributed by atoms with van der Waals surface area (Å²) in [5.74, 6) is 0.581. The van der Waals surface area contributed by atoms with E-state index in [9.17, 15) is 4.79 Å². The van der Waals surface area contributed by atoms with E-state index in [1.807, 2.05) is 18.4 Å². The van der Waals surface area contributed by atoms with Gasteiger partial charge in [-0.15, -0.1) is 11.3 Å². The van der Waals surface area contributed by atoms with Crippen molar-refractivity contribution in [3.8, 4) is 5.75 Å². The van der Waals surface area contributed by atoms with Gasteiger partial charge in [-0.2, -0.15) is 0 Å². The average Bonchev–Trinajstić information content (AvgIpc) is 2.78. The third kappa shape index (κ3) is 2.26. The molecule has 19 heavy (non-hydrogen) atoms. The first-order valence-corrected chi connectivity index (χ1v) is 6.75. The van der Waals surface area contributed by atoms with Crippen LogP contribution in [0.3, 0.4) is 0 Å². The van der Waals surface area contributed by atoms with Crippen molar-refractivity contribution in [3.05, 3.63) is 34.3 Å². The highest BCUT2D eigenvalue weighted by molar-refractivity contribution is 7.09. The molecule has 2 N–H and O–H groups in total. The van der Waals surface area contributed by atoms with Gasteiger partial charge in [0.15, 0.2) is 6.61 Å². The zero-order chi connectivity index (χ0) is 13.4. The lowest BCUT2D eigenvalue weighted by molar-refractivity contribution is -0.121. The van der Waals surface area contributed by atoms with E-state index in [-0.39, 0.29) is 12.5 Å². The fraction of sp³-hybridized carbons (Fsp3) is 0.231. The van der Waals surface area contributed by atoms with Gasteiger partial charge < -0.3 is 10.5 Å². The molecule has 1 aromatic carbocycles. The van der Waals surface area contributed by atoms with Gasteiger partial charge in [0.05, 0.1) is 12.2 Å². The van der Waals surface area contributed by atoms with Crippen LogP contribution in [-0.4, -0.2) is 17.5 Å². The van der Waals surface area contributed by atoms with Crippen LogP contribution in [0.4, 0.5) is 11.4 Å². The molecule has 3 rings (SSSR count). The summed E-state index contributed by atoms with van der Waals surface area (Å²) >= 11 is 1.55. The van der Waals surface area contributed by atoms with Crippen molar-refractivity contribution >= 4 is 28.6 Å². The van der Waals surface area contributed by atoms with Gasteiger partial charge in [-0.3, -0.25) is 9.69 Å². The van der Waals surface area contributed by atoms with E-state index >= 15 is 0 Å². The molecule has 0 unspecified atom stereocenters. The molecule has 1 aromatic heterocycles. The van der Waals surface area contributed by atoms with Crippen molar-refractivity contribution in [2.45, 2.75) is 13.5 Å². The molecule has 98 valence electrons. The Morgan fingerprint density at radius 1 is 1.53 bits per heavy atom. The number of nitrogen functional groups attached to an aromatic ring is 1. The molecule has 0 aliphatic carbocycles. The molecule has 0 bridgehead atoms. The summed E-state index contributed by atoms with van der Waals surface area (Å²) < 4.78 is 5.40. The summed E-state index contributed by atoms with van der Waals surface area (Å²) in [7, 11) is 0. The minimum absolute atomic E-state index is 0.0425. The smallest absolute Gasteiger partial charge is 0.265 e. The van der Waals surface area contributed by atoms with E-state index in [1.54, 1.807) is 28.4 Å². The molecule has 0 radical (unpaired) electrons. The van der Waals surface area contributed by atoms with Crippen LogP contribution in [0.25, 0.3) is 0 Å². The zero-order valence-electron chi connectivity index (χ0n) is 10.4. The zero-order valence-corrected chi connectivity index (χ0v) is 11.2. The minimum atomic E-state index is -0.0647. The second-order valence-electron chi connectivity index (χ2n) is 4.38. The molecule has 1 amide bonds. The SMILES string of the molecule is Cc1csc(CN2C(=O)COc3cc(N)ccc32)n1. The van der Waals surface area contributed by atoms with Crippen LogP contribution in [0.5, 0.6) is 5.75 Å². The third-order valence-electron chi connectivity index (χ3n) is 2.89. The molecule has 6 heteroatoms. The number of rotatable bonds is 2. The summed E-state index contributed by atoms with van der Waals surface area (Å²) in [4.78, 5) is 18.1. The highest BCUT2D eigenvalue weighted by Crippen LogP contribution is 2.34. The maximum Gasteiger partial charge on any atom is 0.265 e. The van der Waals surface area contributed by atoms with Crippen molar-refractivity contribution < 1.29 is 9.53 Å². The highest BCUT2D eigenvalue weighted by atomic mass is 32.1. The topological polar surface area (TPSA) is 68.5 Å². The van der Waals surface area contributed by atoms with Crippen molar-refractivity contribution in [1.82, 2.24) is 4.98 Å². The quantitative estimate of drug-likeness (QED) is 0.851. The minimum Gasteiger partial charge on any atom is -0.481 e. The normalized spacial score (nSPS) is 14.2. The van der Waals surface area contributed by atoms with Gasteiger partial charge in [-0.25, -0.2) is 4.98 Å². The van der Waals surface area contributed by atoms with Gasteiger partial charge in [-0.05, 0) is 19.1 Å². The maximum atomic E-state index is 12.0. The van der Waals surface area contributed by atoms with E-state index in [4.69, 9.17) is 10.5 Å². The fourth-order valence-corrected chi connectivity index (χ4v) is 2.76. The number of carbonyl (C=O) groups is 1. The monoisotopic (exact) mass is 275 g/mol. The molecule has 2 heterocycles. The Morgan fingerprint density at radius 2 is 2.37 bits per heavy atom. The summed E-state index contributed by atoms with van der Waals surface area (Å²) in [6.07, 6.45) is 0. The van der Waals surface area contributed by atoms with Crippen LogP contribution in [-0.2, 0) is 11.3 Å². The summed E-state index contributed by atoms with van der Waals surface area (Å²) in [5.41, 5.74) is 8.07. The van der Waals surface area contributed by atoms with Crippen LogP contribution < -0.4 is 15.4 Å². The van der Waals surface area contributed by atoms with E-state index in [1.165, 1.54) is 0 Å². The lowest BCUT2D eigenvalue weighted by atomic mass is 10.2. The number of anilines is 2. The first-order valence-electron chi connectivity index (χ1n) is 5.87. The van der Waals surface area contributed by atoms with Crippen molar-refractivity contribution in [1.29, 1.82) is 0 Å². The number of hydrogen-bond acceptors (Lipinski definition) is 5. The Kier molecular flexibility index (Phi) is 2.87. The highest BCUT2D eigenvalue weighted by Gasteiger charge is 2.26. The fourth-order valence-electron chi connectivity index (χ4n) is 2.01. The largest absolute Gasteiger partial charge is 0.481 e. The number of hydrogen-bond donors (Lipinski definition) is 1. The van der Waals surface area contributed by atoms with Gasteiger partial charge >= 0.3 is 0 Å². The first-order chi connectivity index (χ1) is 9.13. The van der Waals surface area contributed by atoms with E-state index < -0.39 is 0 Å². The molecule has 0 atom stereocenters. The van der Waals surface area contributed by atoms with Crippen LogP contribution in [0.15, 0.2) is 23.6 Å². The maximum absolute atomic E-state index is 12.0. The summed E-state index contributed by atoms with van der Waals surface area (Å²) in [6.45, 7) is 2.45. The number of fused-ring (bicyclic) bond motifs is 1. The number of benzene rings is 1. The number of nitrogens with zero attached hydrogens (tertiary/aromatic N) is 2. The number of carbonyl (C=O) groups excluding carboxylic acids is 1. The number of aryl methyl sites for hydroxylation is 1. The molecular weight excluding hydrogens is 262 g/mol. The van der Waals surface area contributed by atoms with Crippen LogP contribution in [0, 0.1) is 6.92 Å². The molecule has 0 saturated heterocycles. The second kappa shape index (κ2) is 4.55. The van der Waals surface area contributed by atoms with Gasteiger partial charge in [0.1, 0.15) is 10.8 Å². The predicted octanol–water partition coefficient (Wildman–Crippen LogP) is 1.96. The van der Waals surface area contributed by atoms with Crippen molar-refractivity contribution in [2.75, 3.05) is 17.2 Å². The van der Waals surface area contributed by atoms with Gasteiger partial charge in [-0.1, -0.05) is 0 Å².